The van der Waals surface area contributed by atoms with Crippen molar-refractivity contribution in [1.82, 2.24) is 0 Å². The van der Waals surface area contributed by atoms with Crippen LogP contribution in [0.2, 0.25) is 0 Å². The Morgan fingerprint density at radius 2 is 1.89 bits per heavy atom. The third kappa shape index (κ3) is 5.12. The van der Waals surface area contributed by atoms with E-state index < -0.39 is 5.54 Å². The van der Waals surface area contributed by atoms with Crippen LogP contribution in [0.25, 0.3) is 0 Å². The van der Waals surface area contributed by atoms with E-state index >= 15 is 0 Å². The van der Waals surface area contributed by atoms with Crippen LogP contribution in [0.1, 0.15) is 33.6 Å². The smallest absolute Gasteiger partial charge is 0.308 e. The molecule has 1 unspecified atom stereocenters. The predicted molar refractivity (Wildman–Crippen MR) is 73.3 cm³/mol. The first-order chi connectivity index (χ1) is 9.15. The Balaban J connectivity index is 2.67. The highest BCUT2D eigenvalue weighted by Gasteiger charge is 2.35. The van der Waals surface area contributed by atoms with Crippen molar-refractivity contribution in [3.8, 4) is 0 Å². The van der Waals surface area contributed by atoms with E-state index in [-0.39, 0.29) is 18.7 Å². The van der Waals surface area contributed by atoms with Gasteiger partial charge < -0.3 is 14.2 Å². The Morgan fingerprint density at radius 1 is 1.21 bits per heavy atom. The fraction of sp³-hybridized carbons (Fsp3) is 0.714. The second-order valence-corrected chi connectivity index (χ2v) is 4.27. The number of aliphatic imine (C=N–C) groups is 1. The maximum Gasteiger partial charge on any atom is 0.308 e. The first kappa shape index (κ1) is 15.9. The Hall–Kier alpha value is -1.20. The number of rotatable bonds is 9. The van der Waals surface area contributed by atoms with Crippen molar-refractivity contribution in [3.63, 3.8) is 0 Å². The van der Waals surface area contributed by atoms with E-state index in [1.807, 2.05) is 26.0 Å². The zero-order valence-corrected chi connectivity index (χ0v) is 11.9. The normalized spacial score (nSPS) is 21.3. The predicted octanol–water partition coefficient (Wildman–Crippen LogP) is 2.11. The van der Waals surface area contributed by atoms with Gasteiger partial charge in [-0.2, -0.15) is 0 Å². The quantitative estimate of drug-likeness (QED) is 0.475. The summed E-state index contributed by atoms with van der Waals surface area (Å²) < 4.78 is 16.1. The number of carbonyl (C=O) groups excluding carboxylic acids is 1. The van der Waals surface area contributed by atoms with E-state index in [4.69, 9.17) is 14.2 Å². The van der Waals surface area contributed by atoms with E-state index in [2.05, 4.69) is 4.99 Å². The summed E-state index contributed by atoms with van der Waals surface area (Å²) in [7, 11) is 0. The van der Waals surface area contributed by atoms with Crippen molar-refractivity contribution in [3.05, 3.63) is 12.2 Å². The SMILES string of the molecule is CCOC(=O)CC1(CC(OCC)OCC)C=CC=N1. The molecule has 0 amide bonds. The van der Waals surface area contributed by atoms with Crippen molar-refractivity contribution < 1.29 is 19.0 Å². The summed E-state index contributed by atoms with van der Waals surface area (Å²) in [6, 6.07) is 0. The van der Waals surface area contributed by atoms with E-state index in [0.717, 1.165) is 0 Å². The van der Waals surface area contributed by atoms with Gasteiger partial charge in [0.05, 0.1) is 18.6 Å². The van der Waals surface area contributed by atoms with Crippen LogP contribution in [0.3, 0.4) is 0 Å². The van der Waals surface area contributed by atoms with Crippen molar-refractivity contribution in [2.24, 2.45) is 4.99 Å². The lowest BCUT2D eigenvalue weighted by molar-refractivity contribution is -0.152. The molecule has 0 saturated heterocycles. The minimum absolute atomic E-state index is 0.213. The molecule has 5 nitrogen and oxygen atoms in total. The molecule has 0 fully saturated rings. The van der Waals surface area contributed by atoms with Crippen molar-refractivity contribution in [2.45, 2.75) is 45.4 Å². The highest BCUT2D eigenvalue weighted by atomic mass is 16.7. The van der Waals surface area contributed by atoms with E-state index in [1.165, 1.54) is 0 Å². The van der Waals surface area contributed by atoms with Crippen molar-refractivity contribution in [2.75, 3.05) is 19.8 Å². The molecule has 0 radical (unpaired) electrons. The average Bonchev–Trinajstić information content (AvgIpc) is 2.78. The molecule has 0 spiro atoms. The standard InChI is InChI=1S/C14H23NO4/c1-4-17-12(16)10-14(8-7-9-15-14)11-13(18-5-2)19-6-3/h7-9,13H,4-6,10-11H2,1-3H3. The molecular weight excluding hydrogens is 246 g/mol. The Morgan fingerprint density at radius 3 is 2.37 bits per heavy atom. The molecule has 1 rings (SSSR count). The van der Waals surface area contributed by atoms with Crippen LogP contribution in [-0.2, 0) is 19.0 Å². The third-order valence-electron chi connectivity index (χ3n) is 2.81. The number of hydrogen-bond donors (Lipinski definition) is 0. The van der Waals surface area contributed by atoms with Crippen LogP contribution in [0.5, 0.6) is 0 Å². The Bertz CT molecular complexity index is 320. The summed E-state index contributed by atoms with van der Waals surface area (Å²) in [6.07, 6.45) is 5.83. The molecule has 19 heavy (non-hydrogen) atoms. The molecule has 1 aliphatic rings. The van der Waals surface area contributed by atoms with Crippen molar-refractivity contribution in [1.29, 1.82) is 0 Å². The fourth-order valence-corrected chi connectivity index (χ4v) is 2.04. The molecule has 0 aliphatic carbocycles. The highest BCUT2D eigenvalue weighted by Crippen LogP contribution is 2.29. The van der Waals surface area contributed by atoms with Crippen molar-refractivity contribution >= 4 is 12.2 Å². The van der Waals surface area contributed by atoms with Gasteiger partial charge in [0.2, 0.25) is 0 Å². The molecule has 0 bridgehead atoms. The van der Waals surface area contributed by atoms with E-state index in [0.29, 0.717) is 26.2 Å². The fourth-order valence-electron chi connectivity index (χ4n) is 2.04. The molecule has 1 heterocycles. The highest BCUT2D eigenvalue weighted by molar-refractivity contribution is 5.78. The maximum absolute atomic E-state index is 11.7. The van der Waals surface area contributed by atoms with Crippen LogP contribution in [-0.4, -0.2) is 43.8 Å². The topological polar surface area (TPSA) is 57.1 Å². The number of carbonyl (C=O) groups is 1. The largest absolute Gasteiger partial charge is 0.466 e. The molecule has 5 heteroatoms. The Labute approximate surface area is 114 Å². The summed E-state index contributed by atoms with van der Waals surface area (Å²) in [5.41, 5.74) is -0.596. The minimum atomic E-state index is -0.596. The van der Waals surface area contributed by atoms with Gasteiger partial charge in [0, 0.05) is 25.8 Å². The van der Waals surface area contributed by atoms with E-state index in [1.54, 1.807) is 13.1 Å². The monoisotopic (exact) mass is 269 g/mol. The van der Waals surface area contributed by atoms with E-state index in [9.17, 15) is 4.79 Å². The number of hydrogen-bond acceptors (Lipinski definition) is 5. The third-order valence-corrected chi connectivity index (χ3v) is 2.81. The van der Waals surface area contributed by atoms with Gasteiger partial charge in [-0.1, -0.05) is 6.08 Å². The molecule has 1 atom stereocenters. The van der Waals surface area contributed by atoms with Crippen LogP contribution >= 0.6 is 0 Å². The molecule has 1 aliphatic heterocycles. The molecule has 0 aromatic heterocycles. The van der Waals surface area contributed by atoms with Crippen LogP contribution in [0.4, 0.5) is 0 Å². The zero-order valence-electron chi connectivity index (χ0n) is 11.9. The lowest BCUT2D eigenvalue weighted by Gasteiger charge is -2.28. The molecule has 0 saturated carbocycles. The average molecular weight is 269 g/mol. The molecule has 0 N–H and O–H groups in total. The van der Waals surface area contributed by atoms with Gasteiger partial charge in [-0.25, -0.2) is 0 Å². The van der Waals surface area contributed by atoms with Gasteiger partial charge in [-0.15, -0.1) is 0 Å². The molecule has 0 aromatic carbocycles. The first-order valence-corrected chi connectivity index (χ1v) is 6.77. The van der Waals surface area contributed by atoms with Crippen LogP contribution < -0.4 is 0 Å². The number of allylic oxidation sites excluding steroid dienone is 1. The van der Waals surface area contributed by atoms with Gasteiger partial charge in [0.1, 0.15) is 0 Å². The van der Waals surface area contributed by atoms with Crippen LogP contribution in [0, 0.1) is 0 Å². The first-order valence-electron chi connectivity index (χ1n) is 6.77. The zero-order chi connectivity index (χ0) is 14.1. The van der Waals surface area contributed by atoms with Gasteiger partial charge in [0.15, 0.2) is 6.29 Å². The lowest BCUT2D eigenvalue weighted by Crippen LogP contribution is -2.34. The Kier molecular flexibility index (Phi) is 6.73. The van der Waals surface area contributed by atoms with Gasteiger partial charge in [0.25, 0.3) is 0 Å². The summed E-state index contributed by atoms with van der Waals surface area (Å²) in [5, 5.41) is 0. The second kappa shape index (κ2) is 8.07. The number of esters is 1. The number of nitrogens with zero attached hydrogens (tertiary/aromatic N) is 1. The summed E-state index contributed by atoms with van der Waals surface area (Å²) in [4.78, 5) is 16.1. The summed E-state index contributed by atoms with van der Waals surface area (Å²) in [6.45, 7) is 7.13. The molecular formula is C14H23NO4. The molecule has 108 valence electrons. The molecule has 0 aromatic rings. The number of ether oxygens (including phenoxy) is 3. The lowest BCUT2D eigenvalue weighted by atomic mass is 9.92. The second-order valence-electron chi connectivity index (χ2n) is 4.27. The minimum Gasteiger partial charge on any atom is -0.466 e. The maximum atomic E-state index is 11.7. The summed E-state index contributed by atoms with van der Waals surface area (Å²) >= 11 is 0. The summed E-state index contributed by atoms with van der Waals surface area (Å²) in [5.74, 6) is -0.252. The van der Waals surface area contributed by atoms with Gasteiger partial charge >= 0.3 is 5.97 Å². The van der Waals surface area contributed by atoms with Crippen LogP contribution in [0.15, 0.2) is 17.1 Å². The van der Waals surface area contributed by atoms with Gasteiger partial charge in [-0.3, -0.25) is 9.79 Å². The van der Waals surface area contributed by atoms with Gasteiger partial charge in [-0.05, 0) is 26.8 Å².